The average molecular weight is 442 g/mol. The number of carbonyl (C=O) groups excluding carboxylic acids is 3. The van der Waals surface area contributed by atoms with Crippen molar-refractivity contribution >= 4 is 17.5 Å². The molecule has 0 radical (unpaired) electrons. The van der Waals surface area contributed by atoms with Crippen molar-refractivity contribution in [1.29, 1.82) is 0 Å². The monoisotopic (exact) mass is 441 g/mol. The summed E-state index contributed by atoms with van der Waals surface area (Å²) in [5.41, 5.74) is 3.35. The summed E-state index contributed by atoms with van der Waals surface area (Å²) >= 11 is 0. The van der Waals surface area contributed by atoms with Gasteiger partial charge in [0.25, 0.3) is 5.91 Å². The molecule has 0 aliphatic carbocycles. The standard InChI is InChI=1S/C9H10O.C5H9NO3.C3H4F4.2C2H6/c1-7-3-5-9(6-4-7)8(2)10;1-3(4(2)7)5(8)6-9;1-3(6,7)2(4)5;2*1-2/h3-6H,1-2H3;3,9H,1-2H3,(H,6,8);2H,1H3;2*1-2H3. The van der Waals surface area contributed by atoms with E-state index < -0.39 is 24.2 Å². The number of hydroxylamine groups is 1. The summed E-state index contributed by atoms with van der Waals surface area (Å²) in [6.45, 7) is 14.5. The summed E-state index contributed by atoms with van der Waals surface area (Å²) in [4.78, 5) is 31.5. The fraction of sp³-hybridized carbons (Fsp3) is 0.571. The van der Waals surface area contributed by atoms with Crippen LogP contribution in [0.15, 0.2) is 24.3 Å². The van der Waals surface area contributed by atoms with Crippen molar-refractivity contribution in [2.24, 2.45) is 5.92 Å². The van der Waals surface area contributed by atoms with Crippen molar-refractivity contribution in [2.75, 3.05) is 0 Å². The van der Waals surface area contributed by atoms with Crippen LogP contribution in [0.5, 0.6) is 0 Å². The molecule has 1 aromatic rings. The Hall–Kier alpha value is -2.29. The van der Waals surface area contributed by atoms with E-state index in [1.807, 2.05) is 58.9 Å². The molecule has 0 aliphatic heterocycles. The molecule has 1 unspecified atom stereocenters. The van der Waals surface area contributed by atoms with E-state index in [9.17, 15) is 31.9 Å². The zero-order chi connectivity index (χ0) is 25.1. The molecule has 1 amide bonds. The number of carbonyl (C=O) groups is 3. The van der Waals surface area contributed by atoms with Crippen LogP contribution in [0.3, 0.4) is 0 Å². The smallest absolute Gasteiger partial charge is 0.299 e. The van der Waals surface area contributed by atoms with Gasteiger partial charge in [-0.05, 0) is 27.7 Å². The quantitative estimate of drug-likeness (QED) is 0.201. The van der Waals surface area contributed by atoms with Crippen LogP contribution < -0.4 is 5.48 Å². The zero-order valence-electron chi connectivity index (χ0n) is 19.1. The van der Waals surface area contributed by atoms with Gasteiger partial charge in [-0.2, -0.15) is 0 Å². The van der Waals surface area contributed by atoms with E-state index in [4.69, 9.17) is 5.21 Å². The molecule has 0 saturated heterocycles. The Labute approximate surface area is 176 Å². The number of nitrogens with one attached hydrogen (secondary N) is 1. The van der Waals surface area contributed by atoms with Crippen molar-refractivity contribution in [2.45, 2.75) is 74.7 Å². The van der Waals surface area contributed by atoms with E-state index >= 15 is 0 Å². The number of alkyl halides is 4. The van der Waals surface area contributed by atoms with Crippen LogP contribution in [0.4, 0.5) is 17.6 Å². The highest BCUT2D eigenvalue weighted by Crippen LogP contribution is 2.20. The lowest BCUT2D eigenvalue weighted by Gasteiger charge is -2.05. The minimum Gasteiger partial charge on any atom is -0.299 e. The SMILES string of the molecule is CC.CC.CC(=O)C(C)C(=O)NO.CC(=O)c1ccc(C)cc1.CC(F)(F)C(F)F. The van der Waals surface area contributed by atoms with Gasteiger partial charge in [0.2, 0.25) is 0 Å². The van der Waals surface area contributed by atoms with Gasteiger partial charge in [0.15, 0.2) is 5.78 Å². The molecule has 1 atom stereocenters. The topological polar surface area (TPSA) is 83.5 Å². The van der Waals surface area contributed by atoms with Crippen molar-refractivity contribution in [1.82, 2.24) is 5.48 Å². The first-order valence-electron chi connectivity index (χ1n) is 9.42. The van der Waals surface area contributed by atoms with Crippen LogP contribution >= 0.6 is 0 Å². The predicted molar refractivity (Wildman–Crippen MR) is 110 cm³/mol. The molecule has 2 N–H and O–H groups in total. The average Bonchev–Trinajstić information content (AvgIpc) is 2.70. The van der Waals surface area contributed by atoms with Crippen LogP contribution in [0.2, 0.25) is 0 Å². The number of Topliss-reactive ketones (excluding diaryl/α,β-unsaturated/α-hetero) is 2. The van der Waals surface area contributed by atoms with E-state index in [0.717, 1.165) is 5.56 Å². The molecule has 5 nitrogen and oxygen atoms in total. The minimum atomic E-state index is -3.83. The third kappa shape index (κ3) is 20.4. The van der Waals surface area contributed by atoms with Crippen LogP contribution in [0, 0.1) is 12.8 Å². The second-order valence-corrected chi connectivity index (χ2v) is 5.49. The predicted octanol–water partition coefficient (Wildman–Crippen LogP) is 5.87. The Bertz CT molecular complexity index is 586. The van der Waals surface area contributed by atoms with Crippen LogP contribution in [-0.4, -0.2) is 35.0 Å². The molecule has 9 heteroatoms. The highest BCUT2D eigenvalue weighted by atomic mass is 19.3. The first-order valence-corrected chi connectivity index (χ1v) is 9.42. The molecule has 1 rings (SSSR count). The fourth-order valence-electron chi connectivity index (χ4n) is 1.07. The Morgan fingerprint density at radius 2 is 1.30 bits per heavy atom. The number of halogens is 4. The van der Waals surface area contributed by atoms with Gasteiger partial charge in [0.1, 0.15) is 5.78 Å². The zero-order valence-corrected chi connectivity index (χ0v) is 19.1. The van der Waals surface area contributed by atoms with Crippen molar-refractivity contribution in [3.05, 3.63) is 35.4 Å². The summed E-state index contributed by atoms with van der Waals surface area (Å²) in [5, 5.41) is 8.00. The molecule has 0 saturated carbocycles. The lowest BCUT2D eigenvalue weighted by molar-refractivity contribution is -0.138. The summed E-state index contributed by atoms with van der Waals surface area (Å²) < 4.78 is 43.8. The molecule has 0 fully saturated rings. The molecule has 0 bridgehead atoms. The van der Waals surface area contributed by atoms with Gasteiger partial charge in [0, 0.05) is 12.5 Å². The van der Waals surface area contributed by atoms with Gasteiger partial charge in [-0.15, -0.1) is 0 Å². The third-order valence-corrected chi connectivity index (χ3v) is 2.95. The molecule has 176 valence electrons. The largest absolute Gasteiger partial charge is 0.304 e. The number of hydrogen-bond donors (Lipinski definition) is 2. The maximum absolute atomic E-state index is 11.1. The summed E-state index contributed by atoms with van der Waals surface area (Å²) in [6, 6.07) is 7.57. The molecular weight excluding hydrogens is 406 g/mol. The van der Waals surface area contributed by atoms with Gasteiger partial charge >= 0.3 is 12.3 Å². The van der Waals surface area contributed by atoms with Crippen molar-refractivity contribution in [3.8, 4) is 0 Å². The normalized spacial score (nSPS) is 10.2. The molecule has 1 aromatic carbocycles. The second kappa shape index (κ2) is 20.0. The lowest BCUT2D eigenvalue weighted by Crippen LogP contribution is -2.29. The fourth-order valence-corrected chi connectivity index (χ4v) is 1.07. The number of aryl methyl sites for hydroxylation is 1. The van der Waals surface area contributed by atoms with E-state index in [1.54, 1.807) is 6.92 Å². The molecule has 0 aliphatic rings. The van der Waals surface area contributed by atoms with Gasteiger partial charge in [-0.25, -0.2) is 23.0 Å². The Morgan fingerprint density at radius 3 is 1.47 bits per heavy atom. The first kappa shape index (κ1) is 35.2. The molecule has 0 aromatic heterocycles. The van der Waals surface area contributed by atoms with Crippen LogP contribution in [0.1, 0.15) is 71.3 Å². The second-order valence-electron chi connectivity index (χ2n) is 5.49. The van der Waals surface area contributed by atoms with Crippen molar-refractivity contribution < 1.29 is 37.2 Å². The van der Waals surface area contributed by atoms with E-state index in [1.165, 1.54) is 24.9 Å². The van der Waals surface area contributed by atoms with Crippen LogP contribution in [0.25, 0.3) is 0 Å². The molecule has 0 spiro atoms. The summed E-state index contributed by atoms with van der Waals surface area (Å²) in [7, 11) is 0. The number of ketones is 2. The third-order valence-electron chi connectivity index (χ3n) is 2.95. The highest BCUT2D eigenvalue weighted by Gasteiger charge is 2.33. The molecule has 30 heavy (non-hydrogen) atoms. The van der Waals surface area contributed by atoms with E-state index in [0.29, 0.717) is 0 Å². The first-order chi connectivity index (χ1) is 13.7. The Morgan fingerprint density at radius 1 is 0.967 bits per heavy atom. The van der Waals surface area contributed by atoms with Gasteiger partial charge in [-0.1, -0.05) is 57.5 Å². The van der Waals surface area contributed by atoms with Gasteiger partial charge in [-0.3, -0.25) is 19.6 Å². The molecular formula is C21H35F4NO4. The van der Waals surface area contributed by atoms with E-state index in [-0.39, 0.29) is 18.5 Å². The van der Waals surface area contributed by atoms with Gasteiger partial charge < -0.3 is 0 Å². The molecule has 0 heterocycles. The number of rotatable bonds is 4. The van der Waals surface area contributed by atoms with Crippen LogP contribution in [-0.2, 0) is 9.59 Å². The number of benzene rings is 1. The highest BCUT2D eigenvalue weighted by molar-refractivity contribution is 5.99. The Kier molecular flexibility index (Phi) is 23.4. The number of amides is 1. The Balaban J connectivity index is -0.000000158. The number of hydrogen-bond acceptors (Lipinski definition) is 4. The summed E-state index contributed by atoms with van der Waals surface area (Å²) in [5.74, 6) is -5.39. The van der Waals surface area contributed by atoms with E-state index in [2.05, 4.69) is 0 Å². The minimum absolute atomic E-state index is 0.125. The summed E-state index contributed by atoms with van der Waals surface area (Å²) in [6.07, 6.45) is -3.53. The maximum atomic E-state index is 11.1. The van der Waals surface area contributed by atoms with Gasteiger partial charge in [0.05, 0.1) is 5.92 Å². The lowest BCUT2D eigenvalue weighted by atomic mass is 10.1. The van der Waals surface area contributed by atoms with Crippen molar-refractivity contribution in [3.63, 3.8) is 0 Å². The maximum Gasteiger partial charge on any atom is 0.304 e.